The van der Waals surface area contributed by atoms with E-state index in [4.69, 9.17) is 5.73 Å². The van der Waals surface area contributed by atoms with Crippen molar-refractivity contribution in [1.82, 2.24) is 0 Å². The largest absolute Gasteiger partial charge is 0.384 e. The maximum atomic E-state index is 12.7. The molecule has 0 heterocycles. The second-order valence-electron chi connectivity index (χ2n) is 3.91. The van der Waals surface area contributed by atoms with Crippen LogP contribution in [0.15, 0.2) is 24.3 Å². The highest BCUT2D eigenvalue weighted by molar-refractivity contribution is 5.26. The molecule has 0 saturated heterocycles. The minimum atomic E-state index is -0.951. The molecule has 1 aliphatic carbocycles. The molecule has 0 spiro atoms. The highest BCUT2D eigenvalue weighted by Gasteiger charge is 2.43. The van der Waals surface area contributed by atoms with E-state index >= 15 is 0 Å². The molecule has 3 heteroatoms. The van der Waals surface area contributed by atoms with Crippen LogP contribution in [0.25, 0.3) is 0 Å². The third kappa shape index (κ3) is 1.53. The van der Waals surface area contributed by atoms with E-state index in [1.165, 1.54) is 12.1 Å². The van der Waals surface area contributed by atoms with Crippen LogP contribution < -0.4 is 5.73 Å². The lowest BCUT2D eigenvalue weighted by Gasteiger charge is -2.26. The van der Waals surface area contributed by atoms with E-state index in [1.54, 1.807) is 12.1 Å². The number of halogens is 1. The molecule has 0 bridgehead atoms. The van der Waals surface area contributed by atoms with E-state index in [9.17, 15) is 9.50 Å². The van der Waals surface area contributed by atoms with Crippen molar-refractivity contribution in [2.24, 2.45) is 11.7 Å². The third-order valence-electron chi connectivity index (χ3n) is 2.91. The van der Waals surface area contributed by atoms with Gasteiger partial charge < -0.3 is 10.8 Å². The topological polar surface area (TPSA) is 46.2 Å². The molecule has 2 rings (SSSR count). The number of rotatable bonds is 3. The summed E-state index contributed by atoms with van der Waals surface area (Å²) in [5.41, 5.74) is 5.35. The summed E-state index contributed by atoms with van der Waals surface area (Å²) in [6, 6.07) is 5.94. The predicted octanol–water partition coefficient (Wildman–Crippen LogP) is 1.38. The highest BCUT2D eigenvalue weighted by Crippen LogP contribution is 2.45. The monoisotopic (exact) mass is 195 g/mol. The summed E-state index contributed by atoms with van der Waals surface area (Å²) in [6.45, 7) is 0.198. The standard InChI is InChI=1S/C11H14FNO/c12-10-5-3-9(4-6-10)11(14,7-13)8-1-2-8/h3-6,8,14H,1-2,7,13H2. The number of hydrogen-bond donors (Lipinski definition) is 2. The minimum absolute atomic E-state index is 0.198. The SMILES string of the molecule is NCC(O)(c1ccc(F)cc1)C1CC1. The van der Waals surface area contributed by atoms with Gasteiger partial charge in [-0.3, -0.25) is 0 Å². The van der Waals surface area contributed by atoms with Crippen molar-refractivity contribution in [2.45, 2.75) is 18.4 Å². The van der Waals surface area contributed by atoms with Crippen molar-refractivity contribution in [1.29, 1.82) is 0 Å². The van der Waals surface area contributed by atoms with Gasteiger partial charge in [-0.25, -0.2) is 4.39 Å². The summed E-state index contributed by atoms with van der Waals surface area (Å²) in [5, 5.41) is 10.3. The van der Waals surface area contributed by atoms with Crippen molar-refractivity contribution in [3.8, 4) is 0 Å². The number of hydrogen-bond acceptors (Lipinski definition) is 2. The molecule has 14 heavy (non-hydrogen) atoms. The Balaban J connectivity index is 2.31. The molecular formula is C11H14FNO. The first-order valence-corrected chi connectivity index (χ1v) is 4.85. The van der Waals surface area contributed by atoms with Gasteiger partial charge in [-0.2, -0.15) is 0 Å². The summed E-state index contributed by atoms with van der Waals surface area (Å²) < 4.78 is 12.7. The van der Waals surface area contributed by atoms with Gasteiger partial charge in [-0.15, -0.1) is 0 Å². The summed E-state index contributed by atoms with van der Waals surface area (Å²) >= 11 is 0. The first kappa shape index (κ1) is 9.62. The first-order valence-electron chi connectivity index (χ1n) is 4.85. The smallest absolute Gasteiger partial charge is 0.123 e. The molecule has 1 unspecified atom stereocenters. The second kappa shape index (κ2) is 3.33. The molecule has 1 aliphatic rings. The second-order valence-corrected chi connectivity index (χ2v) is 3.91. The number of benzene rings is 1. The lowest BCUT2D eigenvalue weighted by molar-refractivity contribution is 0.0222. The van der Waals surface area contributed by atoms with Crippen LogP contribution in [0.3, 0.4) is 0 Å². The Morgan fingerprint density at radius 1 is 1.36 bits per heavy atom. The maximum Gasteiger partial charge on any atom is 0.123 e. The van der Waals surface area contributed by atoms with Crippen LogP contribution in [-0.4, -0.2) is 11.7 Å². The van der Waals surface area contributed by atoms with Crippen LogP contribution in [-0.2, 0) is 5.60 Å². The molecule has 3 N–H and O–H groups in total. The molecule has 1 aromatic rings. The highest BCUT2D eigenvalue weighted by atomic mass is 19.1. The van der Waals surface area contributed by atoms with Gasteiger partial charge in [-0.05, 0) is 36.5 Å². The van der Waals surface area contributed by atoms with Crippen molar-refractivity contribution in [3.05, 3.63) is 35.6 Å². The van der Waals surface area contributed by atoms with Gasteiger partial charge in [0.2, 0.25) is 0 Å². The average molecular weight is 195 g/mol. The molecule has 0 radical (unpaired) electrons. The van der Waals surface area contributed by atoms with Crippen LogP contribution in [0.4, 0.5) is 4.39 Å². The molecule has 0 amide bonds. The van der Waals surface area contributed by atoms with Gasteiger partial charge in [-0.1, -0.05) is 12.1 Å². The molecule has 2 nitrogen and oxygen atoms in total. The van der Waals surface area contributed by atoms with Gasteiger partial charge in [0.05, 0.1) is 0 Å². The van der Waals surface area contributed by atoms with Crippen molar-refractivity contribution >= 4 is 0 Å². The summed E-state index contributed by atoms with van der Waals surface area (Å²) in [5.74, 6) is -0.0399. The zero-order chi connectivity index (χ0) is 10.2. The number of aliphatic hydroxyl groups is 1. The fraction of sp³-hybridized carbons (Fsp3) is 0.455. The summed E-state index contributed by atoms with van der Waals surface area (Å²) in [7, 11) is 0. The van der Waals surface area contributed by atoms with Crippen LogP contribution in [0.2, 0.25) is 0 Å². The molecule has 1 saturated carbocycles. The van der Waals surface area contributed by atoms with E-state index in [-0.39, 0.29) is 18.3 Å². The predicted molar refractivity (Wildman–Crippen MR) is 52.1 cm³/mol. The Morgan fingerprint density at radius 2 is 1.93 bits per heavy atom. The van der Waals surface area contributed by atoms with E-state index in [1.807, 2.05) is 0 Å². The van der Waals surface area contributed by atoms with E-state index in [0.29, 0.717) is 0 Å². The van der Waals surface area contributed by atoms with Crippen molar-refractivity contribution in [2.75, 3.05) is 6.54 Å². The van der Waals surface area contributed by atoms with Gasteiger partial charge in [0.25, 0.3) is 0 Å². The van der Waals surface area contributed by atoms with Gasteiger partial charge in [0.15, 0.2) is 0 Å². The van der Waals surface area contributed by atoms with Crippen LogP contribution in [0.5, 0.6) is 0 Å². The normalized spacial score (nSPS) is 20.5. The Bertz CT molecular complexity index is 321. The third-order valence-corrected chi connectivity index (χ3v) is 2.91. The Morgan fingerprint density at radius 3 is 2.36 bits per heavy atom. The van der Waals surface area contributed by atoms with E-state index in [2.05, 4.69) is 0 Å². The molecule has 0 aromatic heterocycles. The van der Waals surface area contributed by atoms with Crippen molar-refractivity contribution < 1.29 is 9.50 Å². The zero-order valence-corrected chi connectivity index (χ0v) is 7.91. The molecule has 1 aromatic carbocycles. The molecule has 76 valence electrons. The van der Waals surface area contributed by atoms with Crippen molar-refractivity contribution in [3.63, 3.8) is 0 Å². The Hall–Kier alpha value is -0.930. The summed E-state index contributed by atoms with van der Waals surface area (Å²) in [4.78, 5) is 0. The van der Waals surface area contributed by atoms with E-state index in [0.717, 1.165) is 18.4 Å². The lowest BCUT2D eigenvalue weighted by atomic mass is 9.89. The number of nitrogens with two attached hydrogens (primary N) is 1. The van der Waals surface area contributed by atoms with Gasteiger partial charge in [0, 0.05) is 6.54 Å². The summed E-state index contributed by atoms with van der Waals surface area (Å²) in [6.07, 6.45) is 2.01. The van der Waals surface area contributed by atoms with Crippen LogP contribution in [0.1, 0.15) is 18.4 Å². The molecular weight excluding hydrogens is 181 g/mol. The fourth-order valence-electron chi connectivity index (χ4n) is 1.82. The van der Waals surface area contributed by atoms with Crippen LogP contribution in [0, 0.1) is 11.7 Å². The Kier molecular flexibility index (Phi) is 2.29. The molecule has 0 aliphatic heterocycles. The Labute approximate surface area is 82.5 Å². The molecule has 1 fully saturated rings. The molecule has 1 atom stereocenters. The van der Waals surface area contributed by atoms with Crippen LogP contribution >= 0.6 is 0 Å². The minimum Gasteiger partial charge on any atom is -0.384 e. The fourth-order valence-corrected chi connectivity index (χ4v) is 1.82. The van der Waals surface area contributed by atoms with Gasteiger partial charge in [0.1, 0.15) is 11.4 Å². The first-order chi connectivity index (χ1) is 6.66. The maximum absolute atomic E-state index is 12.7. The van der Waals surface area contributed by atoms with E-state index < -0.39 is 5.60 Å². The average Bonchev–Trinajstić information content (AvgIpc) is 3.01. The van der Waals surface area contributed by atoms with Gasteiger partial charge >= 0.3 is 0 Å². The lowest BCUT2D eigenvalue weighted by Crippen LogP contribution is -2.37. The zero-order valence-electron chi connectivity index (χ0n) is 7.91. The quantitative estimate of drug-likeness (QED) is 0.765.